The highest BCUT2D eigenvalue weighted by molar-refractivity contribution is 6.62. The van der Waals surface area contributed by atoms with Crippen LogP contribution in [0.2, 0.25) is 0 Å². The summed E-state index contributed by atoms with van der Waals surface area (Å²) in [6.07, 6.45) is -4.44. The molecule has 1 fully saturated rings. The van der Waals surface area contributed by atoms with Gasteiger partial charge in [0.2, 0.25) is 0 Å². The number of furan rings is 1. The lowest BCUT2D eigenvalue weighted by atomic mass is 9.78. The fourth-order valence-electron chi connectivity index (χ4n) is 4.54. The molecule has 4 rings (SSSR count). The number of benzene rings is 2. The van der Waals surface area contributed by atoms with Crippen molar-refractivity contribution in [1.29, 1.82) is 0 Å². The predicted octanol–water partition coefficient (Wildman–Crippen LogP) is 5.67. The van der Waals surface area contributed by atoms with Gasteiger partial charge in [0, 0.05) is 10.8 Å². The largest absolute Gasteiger partial charge is 0.494 e. The zero-order chi connectivity index (χ0) is 27.3. The van der Waals surface area contributed by atoms with Crippen LogP contribution in [0.4, 0.5) is 13.2 Å². The van der Waals surface area contributed by atoms with Crippen molar-refractivity contribution >= 4 is 40.5 Å². The number of nitrogens with one attached hydrogen (secondary N) is 1. The maximum atomic E-state index is 14.2. The zero-order valence-corrected chi connectivity index (χ0v) is 22.2. The molecule has 3 aromatic rings. The molecule has 0 spiro atoms. The maximum Gasteiger partial charge on any atom is 0.494 e. The number of ether oxygens (including phenoxy) is 1. The summed E-state index contributed by atoms with van der Waals surface area (Å²) in [6.45, 7) is 11.5. The van der Waals surface area contributed by atoms with Crippen molar-refractivity contribution in [3.8, 4) is 0 Å². The van der Waals surface area contributed by atoms with E-state index in [1.807, 2.05) is 53.7 Å². The van der Waals surface area contributed by atoms with E-state index in [0.29, 0.717) is 16.6 Å². The summed E-state index contributed by atoms with van der Waals surface area (Å²) in [4.78, 5) is 12.2. The van der Waals surface area contributed by atoms with Gasteiger partial charge in [0.15, 0.2) is 0 Å². The topological polar surface area (TPSA) is 69.9 Å². The number of fused-ring (bicyclic) bond motifs is 3. The standard InChI is InChI=1S/C27H33BF3NO5/c1-15(2)12-20(24(33)34-7)32-23(27(29,30)31)16-8-10-18-19-14-17(9-11-21(19)35-22(18)13-16)28-36-25(3,4)26(5,6)37-28/h8-11,13-15,20,23,32H,12H2,1-7H3/t20-,23-/m0/s1. The first-order valence-corrected chi connectivity index (χ1v) is 12.4. The SMILES string of the molecule is COC(=O)[C@H](CC(C)C)N[C@@H](c1ccc2c(c1)oc1ccc(B3OC(C)(C)C(C)(C)O3)cc12)C(F)(F)F. The molecule has 2 aromatic carbocycles. The minimum absolute atomic E-state index is 0.0125. The van der Waals surface area contributed by atoms with Crippen LogP contribution in [-0.2, 0) is 18.8 Å². The van der Waals surface area contributed by atoms with Crippen molar-refractivity contribution in [3.63, 3.8) is 0 Å². The molecular weight excluding hydrogens is 486 g/mol. The summed E-state index contributed by atoms with van der Waals surface area (Å²) in [5.74, 6) is -0.746. The fourth-order valence-corrected chi connectivity index (χ4v) is 4.54. The van der Waals surface area contributed by atoms with Crippen LogP contribution in [0.25, 0.3) is 21.9 Å². The van der Waals surface area contributed by atoms with E-state index in [1.54, 1.807) is 12.1 Å². The molecular formula is C27H33BF3NO5. The number of rotatable bonds is 7. The summed E-state index contributed by atoms with van der Waals surface area (Å²) in [7, 11) is 0.590. The third kappa shape index (κ3) is 5.37. The number of hydrogen-bond acceptors (Lipinski definition) is 6. The molecule has 0 bridgehead atoms. The van der Waals surface area contributed by atoms with Gasteiger partial charge < -0.3 is 18.5 Å². The molecule has 0 saturated carbocycles. The van der Waals surface area contributed by atoms with Crippen LogP contribution in [0.1, 0.15) is 59.6 Å². The Morgan fingerprint density at radius 1 is 1.00 bits per heavy atom. The molecule has 6 nitrogen and oxygen atoms in total. The number of hydrogen-bond donors (Lipinski definition) is 1. The van der Waals surface area contributed by atoms with Gasteiger partial charge >= 0.3 is 19.3 Å². The Hall–Kier alpha value is -2.56. The van der Waals surface area contributed by atoms with Crippen LogP contribution < -0.4 is 10.8 Å². The van der Waals surface area contributed by atoms with Crippen molar-refractivity contribution in [3.05, 3.63) is 42.0 Å². The van der Waals surface area contributed by atoms with Crippen LogP contribution in [0.15, 0.2) is 40.8 Å². The Kier molecular flexibility index (Phi) is 7.16. The second-order valence-electron chi connectivity index (χ2n) is 11.0. The minimum Gasteiger partial charge on any atom is -0.468 e. The molecule has 37 heavy (non-hydrogen) atoms. The first kappa shape index (κ1) is 27.5. The molecule has 1 aliphatic rings. The lowest BCUT2D eigenvalue weighted by molar-refractivity contribution is -0.164. The molecule has 1 saturated heterocycles. The molecule has 2 atom stereocenters. The first-order valence-electron chi connectivity index (χ1n) is 12.4. The smallest absolute Gasteiger partial charge is 0.468 e. The monoisotopic (exact) mass is 519 g/mol. The number of esters is 1. The molecule has 2 heterocycles. The summed E-state index contributed by atoms with van der Waals surface area (Å²) in [5, 5.41) is 3.90. The second kappa shape index (κ2) is 9.64. The average Bonchev–Trinajstić information content (AvgIpc) is 3.26. The maximum absolute atomic E-state index is 14.2. The Morgan fingerprint density at radius 2 is 1.65 bits per heavy atom. The van der Waals surface area contributed by atoms with Crippen molar-refractivity contribution in [2.24, 2.45) is 5.92 Å². The molecule has 200 valence electrons. The molecule has 1 aromatic heterocycles. The van der Waals surface area contributed by atoms with Crippen LogP contribution >= 0.6 is 0 Å². The Balaban J connectivity index is 1.70. The molecule has 1 aliphatic heterocycles. The van der Waals surface area contributed by atoms with Crippen molar-refractivity contribution in [2.75, 3.05) is 7.11 Å². The summed E-state index contributed by atoms with van der Waals surface area (Å²) in [6, 6.07) is 6.70. The molecule has 0 aliphatic carbocycles. The average molecular weight is 519 g/mol. The highest BCUT2D eigenvalue weighted by atomic mass is 19.4. The quantitative estimate of drug-likeness (QED) is 0.321. The van der Waals surface area contributed by atoms with Crippen LogP contribution in [-0.4, -0.2) is 43.6 Å². The van der Waals surface area contributed by atoms with Crippen molar-refractivity contribution < 1.29 is 36.4 Å². The van der Waals surface area contributed by atoms with Gasteiger partial charge in [-0.2, -0.15) is 13.2 Å². The van der Waals surface area contributed by atoms with Crippen LogP contribution in [0, 0.1) is 5.92 Å². The second-order valence-corrected chi connectivity index (χ2v) is 11.0. The van der Waals surface area contributed by atoms with E-state index in [4.69, 9.17) is 18.5 Å². The van der Waals surface area contributed by atoms with Crippen molar-refractivity contribution in [1.82, 2.24) is 5.32 Å². The highest BCUT2D eigenvalue weighted by Gasteiger charge is 2.51. The van der Waals surface area contributed by atoms with Gasteiger partial charge in [-0.15, -0.1) is 0 Å². The fraction of sp³-hybridized carbons (Fsp3) is 0.519. The number of carbonyl (C=O) groups excluding carboxylic acids is 1. The molecule has 10 heteroatoms. The minimum atomic E-state index is -4.65. The van der Waals surface area contributed by atoms with Crippen molar-refractivity contribution in [2.45, 2.75) is 77.4 Å². The normalized spacial score (nSPS) is 19.1. The number of halogens is 3. The first-order chi connectivity index (χ1) is 17.1. The summed E-state index contributed by atoms with van der Waals surface area (Å²) in [5.41, 5.74) is 0.587. The molecule has 0 radical (unpaired) electrons. The lowest BCUT2D eigenvalue weighted by Crippen LogP contribution is -2.45. The third-order valence-corrected chi connectivity index (χ3v) is 7.27. The molecule has 0 amide bonds. The Morgan fingerprint density at radius 3 is 2.22 bits per heavy atom. The summed E-state index contributed by atoms with van der Waals surface area (Å²) >= 11 is 0. The predicted molar refractivity (Wildman–Crippen MR) is 137 cm³/mol. The number of methoxy groups -OCH3 is 1. The van der Waals surface area contributed by atoms with E-state index in [9.17, 15) is 18.0 Å². The van der Waals surface area contributed by atoms with Gasteiger partial charge in [-0.25, -0.2) is 0 Å². The van der Waals surface area contributed by atoms with E-state index in [-0.39, 0.29) is 17.9 Å². The van der Waals surface area contributed by atoms with Gasteiger partial charge in [-0.05, 0) is 63.2 Å². The van der Waals surface area contributed by atoms with E-state index >= 15 is 0 Å². The van der Waals surface area contributed by atoms with E-state index in [0.717, 1.165) is 18.0 Å². The third-order valence-electron chi connectivity index (χ3n) is 7.27. The van der Waals surface area contributed by atoms with Gasteiger partial charge in [-0.3, -0.25) is 10.1 Å². The molecule has 1 N–H and O–H groups in total. The molecule has 0 unspecified atom stereocenters. The van der Waals surface area contributed by atoms with E-state index in [1.165, 1.54) is 12.1 Å². The number of alkyl halides is 3. The van der Waals surface area contributed by atoms with Gasteiger partial charge in [0.05, 0.1) is 18.3 Å². The summed E-state index contributed by atoms with van der Waals surface area (Å²) < 4.78 is 65.4. The Bertz CT molecular complexity index is 1280. The lowest BCUT2D eigenvalue weighted by Gasteiger charge is -2.32. The van der Waals surface area contributed by atoms with Gasteiger partial charge in [-0.1, -0.05) is 38.1 Å². The van der Waals surface area contributed by atoms with Crippen LogP contribution in [0.3, 0.4) is 0 Å². The Labute approximate surface area is 214 Å². The van der Waals surface area contributed by atoms with Gasteiger partial charge in [0.1, 0.15) is 23.2 Å². The van der Waals surface area contributed by atoms with Crippen LogP contribution in [0.5, 0.6) is 0 Å². The van der Waals surface area contributed by atoms with E-state index in [2.05, 4.69) is 5.32 Å². The van der Waals surface area contributed by atoms with E-state index < -0.39 is 42.5 Å². The highest BCUT2D eigenvalue weighted by Crippen LogP contribution is 2.39. The number of carbonyl (C=O) groups is 1. The van der Waals surface area contributed by atoms with Gasteiger partial charge in [0.25, 0.3) is 0 Å². The zero-order valence-electron chi connectivity index (χ0n) is 22.2.